The Morgan fingerprint density at radius 3 is 2.45 bits per heavy atom. The van der Waals surface area contributed by atoms with E-state index in [-0.39, 0.29) is 0 Å². The first-order chi connectivity index (χ1) is 15.2. The molecule has 0 aromatic heterocycles. The van der Waals surface area contributed by atoms with Crippen molar-refractivity contribution in [3.8, 4) is 0 Å². The van der Waals surface area contributed by atoms with E-state index in [0.717, 1.165) is 65.0 Å². The van der Waals surface area contributed by atoms with Crippen LogP contribution in [0.4, 0.5) is 0 Å². The van der Waals surface area contributed by atoms with Crippen LogP contribution in [-0.2, 0) is 30.9 Å². The Hall–Kier alpha value is -2.41. The van der Waals surface area contributed by atoms with Gasteiger partial charge in [0.1, 0.15) is 0 Å². The molecule has 168 valence electrons. The van der Waals surface area contributed by atoms with Crippen molar-refractivity contribution in [1.29, 1.82) is 0 Å². The molecule has 0 aliphatic carbocycles. The quantitative estimate of drug-likeness (QED) is 0.480. The highest BCUT2D eigenvalue weighted by molar-refractivity contribution is 5.79. The largest absolute Gasteiger partial charge is 0.379 e. The fourth-order valence-corrected chi connectivity index (χ4v) is 3.73. The Balaban J connectivity index is 1.53. The molecule has 1 aliphatic heterocycles. The van der Waals surface area contributed by atoms with Gasteiger partial charge in [0.25, 0.3) is 0 Å². The molecule has 6 nitrogen and oxygen atoms in total. The number of aliphatic imine (C=N–C) groups is 1. The lowest BCUT2D eigenvalue weighted by molar-refractivity contribution is 0.0341. The zero-order valence-electron chi connectivity index (χ0n) is 19.2. The summed E-state index contributed by atoms with van der Waals surface area (Å²) in [4.78, 5) is 9.17. The van der Waals surface area contributed by atoms with E-state index in [1.807, 2.05) is 7.05 Å². The molecule has 1 fully saturated rings. The van der Waals surface area contributed by atoms with Gasteiger partial charge >= 0.3 is 0 Å². The number of nitrogens with one attached hydrogen (secondary N) is 2. The Morgan fingerprint density at radius 2 is 1.71 bits per heavy atom. The summed E-state index contributed by atoms with van der Waals surface area (Å²) in [7, 11) is 3.97. The highest BCUT2D eigenvalue weighted by atomic mass is 16.5. The van der Waals surface area contributed by atoms with E-state index < -0.39 is 0 Å². The number of hydrogen-bond donors (Lipinski definition) is 2. The van der Waals surface area contributed by atoms with E-state index in [9.17, 15) is 0 Å². The molecule has 1 aliphatic rings. The molecule has 1 saturated heterocycles. The summed E-state index contributed by atoms with van der Waals surface area (Å²) in [6.45, 7) is 10.3. The molecule has 0 radical (unpaired) electrons. The normalized spacial score (nSPS) is 15.3. The van der Waals surface area contributed by atoms with Crippen LogP contribution in [0.15, 0.2) is 53.5 Å². The lowest BCUT2D eigenvalue weighted by Gasteiger charge is -2.27. The SMILES string of the molecule is CCN(C)Cc1cccc(CNC(=NC)NCc2ccccc2CN2CCOCC2)c1. The molecule has 0 unspecified atom stereocenters. The highest BCUT2D eigenvalue weighted by Crippen LogP contribution is 2.13. The summed E-state index contributed by atoms with van der Waals surface area (Å²) >= 11 is 0. The first kappa shape index (κ1) is 23.3. The van der Waals surface area contributed by atoms with E-state index in [1.54, 1.807) is 0 Å². The van der Waals surface area contributed by atoms with Crippen molar-refractivity contribution < 1.29 is 4.74 Å². The standard InChI is InChI=1S/C25H37N5O/c1-4-29(3)19-22-9-7-8-21(16-22)17-27-25(26-2)28-18-23-10-5-6-11-24(23)20-30-12-14-31-15-13-30/h5-11,16H,4,12-15,17-20H2,1-3H3,(H2,26,27,28). The van der Waals surface area contributed by atoms with Crippen LogP contribution in [0.5, 0.6) is 0 Å². The van der Waals surface area contributed by atoms with Gasteiger partial charge in [-0.05, 0) is 35.8 Å². The fraction of sp³-hybridized carbons (Fsp3) is 0.480. The third kappa shape index (κ3) is 7.65. The van der Waals surface area contributed by atoms with Crippen LogP contribution in [0.3, 0.4) is 0 Å². The van der Waals surface area contributed by atoms with Crippen molar-refractivity contribution in [1.82, 2.24) is 20.4 Å². The van der Waals surface area contributed by atoms with Gasteiger partial charge in [-0.3, -0.25) is 9.89 Å². The summed E-state index contributed by atoms with van der Waals surface area (Å²) in [6.07, 6.45) is 0. The van der Waals surface area contributed by atoms with Crippen molar-refractivity contribution in [3.63, 3.8) is 0 Å². The van der Waals surface area contributed by atoms with Gasteiger partial charge in [0.05, 0.1) is 13.2 Å². The van der Waals surface area contributed by atoms with Gasteiger partial charge in [0, 0.05) is 46.3 Å². The lowest BCUT2D eigenvalue weighted by Crippen LogP contribution is -2.37. The van der Waals surface area contributed by atoms with Crippen molar-refractivity contribution in [2.24, 2.45) is 4.99 Å². The van der Waals surface area contributed by atoms with E-state index >= 15 is 0 Å². The number of ether oxygens (including phenoxy) is 1. The summed E-state index contributed by atoms with van der Waals surface area (Å²) in [5, 5.41) is 6.93. The average Bonchev–Trinajstić information content (AvgIpc) is 2.81. The zero-order valence-corrected chi connectivity index (χ0v) is 19.2. The number of guanidine groups is 1. The smallest absolute Gasteiger partial charge is 0.191 e. The third-order valence-electron chi connectivity index (χ3n) is 5.73. The topological polar surface area (TPSA) is 52.1 Å². The van der Waals surface area contributed by atoms with Crippen molar-refractivity contribution in [3.05, 3.63) is 70.8 Å². The van der Waals surface area contributed by atoms with Crippen LogP contribution in [0.1, 0.15) is 29.2 Å². The average molecular weight is 424 g/mol. The minimum atomic E-state index is 0.749. The molecule has 0 spiro atoms. The first-order valence-corrected chi connectivity index (χ1v) is 11.3. The van der Waals surface area contributed by atoms with Crippen molar-refractivity contribution in [2.45, 2.75) is 33.1 Å². The molecule has 0 atom stereocenters. The Bertz CT molecular complexity index is 832. The minimum Gasteiger partial charge on any atom is -0.379 e. The van der Waals surface area contributed by atoms with Gasteiger partial charge in [-0.15, -0.1) is 0 Å². The van der Waals surface area contributed by atoms with Crippen molar-refractivity contribution in [2.75, 3.05) is 46.9 Å². The fourth-order valence-electron chi connectivity index (χ4n) is 3.73. The predicted octanol–water partition coefficient (Wildman–Crippen LogP) is 2.84. The van der Waals surface area contributed by atoms with Crippen LogP contribution in [0.25, 0.3) is 0 Å². The van der Waals surface area contributed by atoms with Crippen LogP contribution in [0.2, 0.25) is 0 Å². The van der Waals surface area contributed by atoms with Gasteiger partial charge in [0.2, 0.25) is 0 Å². The van der Waals surface area contributed by atoms with Crippen LogP contribution in [0, 0.1) is 0 Å². The number of rotatable bonds is 9. The van der Waals surface area contributed by atoms with Crippen molar-refractivity contribution >= 4 is 5.96 Å². The molecule has 2 aromatic rings. The van der Waals surface area contributed by atoms with Gasteiger partial charge in [-0.1, -0.05) is 55.5 Å². The lowest BCUT2D eigenvalue weighted by atomic mass is 10.1. The van der Waals surface area contributed by atoms with E-state index in [0.29, 0.717) is 0 Å². The summed E-state index contributed by atoms with van der Waals surface area (Å²) in [5.74, 6) is 0.817. The van der Waals surface area contributed by atoms with E-state index in [4.69, 9.17) is 4.74 Å². The Morgan fingerprint density at radius 1 is 1.00 bits per heavy atom. The number of nitrogens with zero attached hydrogens (tertiary/aromatic N) is 3. The molecule has 2 N–H and O–H groups in total. The monoisotopic (exact) mass is 423 g/mol. The van der Waals surface area contributed by atoms with Gasteiger partial charge < -0.3 is 20.3 Å². The maximum atomic E-state index is 5.48. The molecular weight excluding hydrogens is 386 g/mol. The van der Waals surface area contributed by atoms with E-state index in [1.165, 1.54) is 22.3 Å². The van der Waals surface area contributed by atoms with Crippen LogP contribution >= 0.6 is 0 Å². The molecule has 0 saturated carbocycles. The molecule has 3 rings (SSSR count). The first-order valence-electron chi connectivity index (χ1n) is 11.3. The molecule has 0 amide bonds. The third-order valence-corrected chi connectivity index (χ3v) is 5.73. The molecule has 2 aromatic carbocycles. The summed E-state index contributed by atoms with van der Waals surface area (Å²) in [6, 6.07) is 17.4. The number of benzene rings is 2. The zero-order chi connectivity index (χ0) is 21.9. The Labute approximate surface area is 187 Å². The van der Waals surface area contributed by atoms with Gasteiger partial charge in [0.15, 0.2) is 5.96 Å². The highest BCUT2D eigenvalue weighted by Gasteiger charge is 2.12. The maximum Gasteiger partial charge on any atom is 0.191 e. The van der Waals surface area contributed by atoms with Gasteiger partial charge in [-0.2, -0.15) is 0 Å². The molecule has 6 heteroatoms. The van der Waals surface area contributed by atoms with Gasteiger partial charge in [-0.25, -0.2) is 0 Å². The molecular formula is C25H37N5O. The molecule has 1 heterocycles. The van der Waals surface area contributed by atoms with Crippen LogP contribution in [-0.4, -0.2) is 62.7 Å². The second kappa shape index (κ2) is 12.4. The number of morpholine rings is 1. The predicted molar refractivity (Wildman–Crippen MR) is 128 cm³/mol. The number of hydrogen-bond acceptors (Lipinski definition) is 4. The second-order valence-corrected chi connectivity index (χ2v) is 8.09. The second-order valence-electron chi connectivity index (χ2n) is 8.09. The molecule has 31 heavy (non-hydrogen) atoms. The Kier molecular flexibility index (Phi) is 9.34. The minimum absolute atomic E-state index is 0.749. The summed E-state index contributed by atoms with van der Waals surface area (Å²) in [5.41, 5.74) is 5.27. The molecule has 0 bridgehead atoms. The summed E-state index contributed by atoms with van der Waals surface area (Å²) < 4.78 is 5.48. The van der Waals surface area contributed by atoms with Crippen LogP contribution < -0.4 is 10.6 Å². The maximum absolute atomic E-state index is 5.48. The van der Waals surface area contributed by atoms with E-state index in [2.05, 4.69) is 87.9 Å².